The molecule has 186 valence electrons. The van der Waals surface area contributed by atoms with E-state index in [9.17, 15) is 23.5 Å². The van der Waals surface area contributed by atoms with Crippen LogP contribution in [-0.4, -0.2) is 19.3 Å². The van der Waals surface area contributed by atoms with Crippen molar-refractivity contribution in [1.82, 2.24) is 5.32 Å². The Bertz CT molecular complexity index is 1480. The van der Waals surface area contributed by atoms with E-state index in [1.54, 1.807) is 31.4 Å². The highest BCUT2D eigenvalue weighted by atomic mass is 19.2. The molecule has 7 nitrogen and oxygen atoms in total. The number of aromatic hydroxyl groups is 1. The predicted molar refractivity (Wildman–Crippen MR) is 132 cm³/mol. The second kappa shape index (κ2) is 10.2. The first-order valence-corrected chi connectivity index (χ1v) is 11.1. The average molecular weight is 494 g/mol. The number of rotatable bonds is 9. The Morgan fingerprint density at radius 3 is 2.31 bits per heavy atom. The van der Waals surface area contributed by atoms with Gasteiger partial charge < -0.3 is 19.9 Å². The molecule has 0 aliphatic carbocycles. The summed E-state index contributed by atoms with van der Waals surface area (Å²) < 4.78 is 38.4. The molecule has 0 heterocycles. The fourth-order valence-corrected chi connectivity index (χ4v) is 3.99. The Morgan fingerprint density at radius 2 is 1.64 bits per heavy atom. The van der Waals surface area contributed by atoms with Gasteiger partial charge in [0.05, 0.1) is 20.3 Å². The lowest BCUT2D eigenvalue weighted by atomic mass is 9.95. The average Bonchev–Trinajstić information content (AvgIpc) is 2.90. The Kier molecular flexibility index (Phi) is 7.03. The third-order valence-electron chi connectivity index (χ3n) is 5.98. The van der Waals surface area contributed by atoms with Crippen LogP contribution in [0, 0.1) is 11.6 Å². The zero-order chi connectivity index (χ0) is 26.0. The number of anilines is 2. The van der Waals surface area contributed by atoms with E-state index in [0.29, 0.717) is 28.3 Å². The molecule has 3 N–H and O–H groups in total. The largest absolute Gasteiger partial charge is 0.502 e. The maximum Gasteiger partial charge on any atom is 0.271 e. The molecule has 0 aliphatic heterocycles. The normalized spacial score (nSPS) is 12.8. The lowest BCUT2D eigenvalue weighted by Crippen LogP contribution is -2.32. The van der Waals surface area contributed by atoms with Crippen molar-refractivity contribution >= 4 is 11.4 Å². The van der Waals surface area contributed by atoms with Gasteiger partial charge in [-0.25, -0.2) is 8.78 Å². The van der Waals surface area contributed by atoms with Crippen molar-refractivity contribution in [3.8, 4) is 17.2 Å². The first kappa shape index (κ1) is 24.9. The third kappa shape index (κ3) is 4.78. The molecule has 4 aromatic carbocycles. The van der Waals surface area contributed by atoms with Crippen LogP contribution in [0.15, 0.2) is 70.3 Å². The van der Waals surface area contributed by atoms with Crippen LogP contribution in [0.3, 0.4) is 0 Å². The predicted octanol–water partition coefficient (Wildman–Crippen LogP) is 4.47. The Hall–Kier alpha value is -4.24. The van der Waals surface area contributed by atoms with Crippen molar-refractivity contribution in [3.05, 3.63) is 109 Å². The van der Waals surface area contributed by atoms with Crippen molar-refractivity contribution in [1.29, 1.82) is 0 Å². The van der Waals surface area contributed by atoms with E-state index in [2.05, 4.69) is 10.6 Å². The molecular weight excluding hydrogens is 470 g/mol. The molecule has 0 spiro atoms. The highest BCUT2D eigenvalue weighted by Gasteiger charge is 2.24. The van der Waals surface area contributed by atoms with Crippen LogP contribution in [0.1, 0.15) is 35.7 Å². The summed E-state index contributed by atoms with van der Waals surface area (Å²) in [7, 11) is 3.06. The zero-order valence-electron chi connectivity index (χ0n) is 19.8. The molecule has 0 aromatic heterocycles. The number of benzene rings is 3. The molecule has 0 saturated carbocycles. The molecule has 0 radical (unpaired) electrons. The minimum atomic E-state index is -0.948. The minimum Gasteiger partial charge on any atom is -0.502 e. The summed E-state index contributed by atoms with van der Waals surface area (Å²) in [4.78, 5) is 23.2. The van der Waals surface area contributed by atoms with Gasteiger partial charge in [-0.3, -0.25) is 14.9 Å². The number of halogens is 2. The maximum absolute atomic E-state index is 13.9. The summed E-state index contributed by atoms with van der Waals surface area (Å²) >= 11 is 0. The van der Waals surface area contributed by atoms with Crippen LogP contribution in [0.5, 0.6) is 17.2 Å². The maximum atomic E-state index is 13.9. The number of methoxy groups -OCH3 is 2. The zero-order valence-corrected chi connectivity index (χ0v) is 19.8. The van der Waals surface area contributed by atoms with Crippen LogP contribution in [0.25, 0.3) is 0 Å². The fourth-order valence-electron chi connectivity index (χ4n) is 3.99. The van der Waals surface area contributed by atoms with Gasteiger partial charge in [-0.2, -0.15) is 0 Å². The van der Waals surface area contributed by atoms with Crippen LogP contribution in [-0.2, 0) is 0 Å². The molecule has 0 saturated heterocycles. The molecule has 0 amide bonds. The van der Waals surface area contributed by atoms with E-state index in [0.717, 1.165) is 17.7 Å². The molecule has 0 bridgehead atoms. The molecule has 4 rings (SSSR count). The lowest BCUT2D eigenvalue weighted by molar-refractivity contribution is 0.398. The van der Waals surface area contributed by atoms with Gasteiger partial charge in [-0.15, -0.1) is 0 Å². The van der Waals surface area contributed by atoms with Crippen molar-refractivity contribution in [2.75, 3.05) is 19.5 Å². The van der Waals surface area contributed by atoms with Gasteiger partial charge in [0.25, 0.3) is 10.9 Å². The van der Waals surface area contributed by atoms with Crippen LogP contribution < -0.4 is 31.0 Å². The van der Waals surface area contributed by atoms with E-state index in [1.165, 1.54) is 13.2 Å². The molecule has 9 heteroatoms. The summed E-state index contributed by atoms with van der Waals surface area (Å²) in [5.41, 5.74) is 0.464. The number of hydrogen-bond donors (Lipinski definition) is 3. The first-order chi connectivity index (χ1) is 17.2. The van der Waals surface area contributed by atoms with E-state index in [4.69, 9.17) is 9.47 Å². The van der Waals surface area contributed by atoms with Gasteiger partial charge in [0.1, 0.15) is 17.2 Å². The van der Waals surface area contributed by atoms with Crippen molar-refractivity contribution < 1.29 is 23.4 Å². The van der Waals surface area contributed by atoms with Gasteiger partial charge in [0.2, 0.25) is 0 Å². The minimum absolute atomic E-state index is 0.183. The standard InChI is InChI=1S/C27H24F2N2O5/c1-14(15-7-9-20(28)21(29)12-15)30-23(16-5-4-6-18(11-16)35-2)19-13-17(8-10-22(19)36-3)31-24-25(32)27(34)26(24)33/h4-14,23,30-32H,1-3H3. The van der Waals surface area contributed by atoms with E-state index in [1.807, 2.05) is 25.1 Å². The van der Waals surface area contributed by atoms with Crippen molar-refractivity contribution in [2.45, 2.75) is 19.0 Å². The Balaban J connectivity index is 1.78. The van der Waals surface area contributed by atoms with Gasteiger partial charge in [-0.1, -0.05) is 18.2 Å². The second-order valence-corrected chi connectivity index (χ2v) is 8.24. The summed E-state index contributed by atoms with van der Waals surface area (Å²) in [6.45, 7) is 1.82. The van der Waals surface area contributed by atoms with Crippen LogP contribution in [0.2, 0.25) is 0 Å². The molecule has 0 aliphatic rings. The molecule has 2 atom stereocenters. The van der Waals surface area contributed by atoms with Crippen molar-refractivity contribution in [2.24, 2.45) is 0 Å². The molecule has 0 fully saturated rings. The first-order valence-electron chi connectivity index (χ1n) is 11.1. The van der Waals surface area contributed by atoms with Gasteiger partial charge in [0.15, 0.2) is 17.4 Å². The highest BCUT2D eigenvalue weighted by molar-refractivity contribution is 5.70. The second-order valence-electron chi connectivity index (χ2n) is 8.24. The van der Waals surface area contributed by atoms with E-state index in [-0.39, 0.29) is 5.69 Å². The van der Waals surface area contributed by atoms with E-state index >= 15 is 0 Å². The van der Waals surface area contributed by atoms with Crippen LogP contribution in [0.4, 0.5) is 20.2 Å². The van der Waals surface area contributed by atoms with Gasteiger partial charge in [0, 0.05) is 17.3 Å². The highest BCUT2D eigenvalue weighted by Crippen LogP contribution is 2.36. The van der Waals surface area contributed by atoms with E-state index < -0.39 is 40.3 Å². The van der Waals surface area contributed by atoms with Gasteiger partial charge in [-0.05, 0) is 60.5 Å². The topological polar surface area (TPSA) is 96.9 Å². The number of ether oxygens (including phenoxy) is 2. The number of hydrogen-bond acceptors (Lipinski definition) is 7. The Morgan fingerprint density at radius 1 is 0.861 bits per heavy atom. The summed E-state index contributed by atoms with van der Waals surface area (Å²) in [6.07, 6.45) is 0. The molecule has 2 unspecified atom stereocenters. The molecule has 4 aromatic rings. The smallest absolute Gasteiger partial charge is 0.271 e. The third-order valence-corrected chi connectivity index (χ3v) is 5.98. The quantitative estimate of drug-likeness (QED) is 0.296. The fraction of sp³-hybridized carbons (Fsp3) is 0.185. The summed E-state index contributed by atoms with van der Waals surface area (Å²) in [5, 5.41) is 16.0. The molecular formula is C27H24F2N2O5. The molecule has 36 heavy (non-hydrogen) atoms. The van der Waals surface area contributed by atoms with Gasteiger partial charge >= 0.3 is 0 Å². The summed E-state index contributed by atoms with van der Waals surface area (Å²) in [6, 6.07) is 15.1. The lowest BCUT2D eigenvalue weighted by Gasteiger charge is -2.27. The van der Waals surface area contributed by atoms with Crippen LogP contribution >= 0.6 is 0 Å². The monoisotopic (exact) mass is 494 g/mol. The SMILES string of the molecule is COc1cccc(C(NC(C)c2ccc(F)c(F)c2)c2cc(Nc3c(O)c(=O)c3=O)ccc2OC)c1. The van der Waals surface area contributed by atoms with Crippen molar-refractivity contribution in [3.63, 3.8) is 0 Å². The number of nitrogens with one attached hydrogen (secondary N) is 2. The Labute approximate surface area is 205 Å². The summed E-state index contributed by atoms with van der Waals surface area (Å²) in [5.74, 6) is -1.38.